The molecule has 9 heteroatoms. The molecule has 0 bridgehead atoms. The summed E-state index contributed by atoms with van der Waals surface area (Å²) in [6.45, 7) is 2.24. The first-order chi connectivity index (χ1) is 16.8. The molecular formula is C26H27N7O2. The van der Waals surface area contributed by atoms with Crippen LogP contribution < -0.4 is 16.0 Å². The minimum Gasteiger partial charge on any atom is -0.384 e. The number of anilines is 2. The SMILES string of the molecule is CC(=O)CCN(C(=O)c1ccc2c(c1)nc(CNc1ccc(C(=N)N)cc1)n2C)c1ccccn1. The number of amides is 1. The molecular weight excluding hydrogens is 442 g/mol. The highest BCUT2D eigenvalue weighted by Gasteiger charge is 2.20. The van der Waals surface area contributed by atoms with Crippen molar-refractivity contribution >= 4 is 40.1 Å². The lowest BCUT2D eigenvalue weighted by molar-refractivity contribution is -0.116. The molecule has 178 valence electrons. The Hall–Kier alpha value is -4.53. The number of Topliss-reactive ketones (excluding diaryl/α,β-unsaturated/α-hetero) is 1. The Bertz CT molecular complexity index is 1380. The summed E-state index contributed by atoms with van der Waals surface area (Å²) in [6, 6.07) is 18.1. The van der Waals surface area contributed by atoms with E-state index in [1.54, 1.807) is 42.6 Å². The molecule has 1 amide bonds. The lowest BCUT2D eigenvalue weighted by atomic mass is 10.1. The summed E-state index contributed by atoms with van der Waals surface area (Å²) in [5.74, 6) is 1.11. The summed E-state index contributed by atoms with van der Waals surface area (Å²) in [5, 5.41) is 10.8. The van der Waals surface area contributed by atoms with Gasteiger partial charge >= 0.3 is 0 Å². The van der Waals surface area contributed by atoms with Crippen LogP contribution in [-0.2, 0) is 18.4 Å². The number of carbonyl (C=O) groups excluding carboxylic acids is 2. The number of aryl methyl sites for hydroxylation is 1. The van der Waals surface area contributed by atoms with E-state index in [4.69, 9.17) is 16.1 Å². The molecule has 35 heavy (non-hydrogen) atoms. The molecule has 0 saturated heterocycles. The molecule has 0 aliphatic carbocycles. The van der Waals surface area contributed by atoms with Gasteiger partial charge in [0.05, 0.1) is 17.6 Å². The predicted molar refractivity (Wildman–Crippen MR) is 137 cm³/mol. The second-order valence-electron chi connectivity index (χ2n) is 8.23. The number of nitrogens with two attached hydrogens (primary N) is 1. The molecule has 0 aliphatic rings. The van der Waals surface area contributed by atoms with E-state index in [0.717, 1.165) is 17.0 Å². The Balaban J connectivity index is 1.56. The van der Waals surface area contributed by atoms with Crippen LogP contribution in [-0.4, -0.2) is 38.6 Å². The second-order valence-corrected chi connectivity index (χ2v) is 8.23. The van der Waals surface area contributed by atoms with Crippen LogP contribution >= 0.6 is 0 Å². The minimum absolute atomic E-state index is 0.00647. The van der Waals surface area contributed by atoms with Crippen molar-refractivity contribution < 1.29 is 9.59 Å². The van der Waals surface area contributed by atoms with E-state index in [0.29, 0.717) is 29.0 Å². The number of carbonyl (C=O) groups is 2. The zero-order valence-corrected chi connectivity index (χ0v) is 19.7. The summed E-state index contributed by atoms with van der Waals surface area (Å²) in [6.07, 6.45) is 1.87. The molecule has 0 unspecified atom stereocenters. The zero-order valence-electron chi connectivity index (χ0n) is 19.7. The van der Waals surface area contributed by atoms with E-state index in [2.05, 4.69) is 10.3 Å². The highest BCUT2D eigenvalue weighted by molar-refractivity contribution is 6.07. The molecule has 0 radical (unpaired) electrons. The third-order valence-corrected chi connectivity index (χ3v) is 5.73. The smallest absolute Gasteiger partial charge is 0.259 e. The largest absolute Gasteiger partial charge is 0.384 e. The fraction of sp³-hybridized carbons (Fsp3) is 0.192. The molecule has 4 aromatic rings. The Morgan fingerprint density at radius 2 is 1.83 bits per heavy atom. The number of nitrogens with one attached hydrogen (secondary N) is 2. The van der Waals surface area contributed by atoms with Gasteiger partial charge in [-0.05, 0) is 61.5 Å². The molecule has 2 aromatic heterocycles. The van der Waals surface area contributed by atoms with Crippen LogP contribution in [0.15, 0.2) is 66.9 Å². The highest BCUT2D eigenvalue weighted by atomic mass is 16.2. The maximum atomic E-state index is 13.4. The van der Waals surface area contributed by atoms with Gasteiger partial charge in [0.15, 0.2) is 0 Å². The first kappa shape index (κ1) is 23.6. The molecule has 0 saturated carbocycles. The number of pyridine rings is 1. The van der Waals surface area contributed by atoms with Gasteiger partial charge in [-0.3, -0.25) is 19.9 Å². The number of nitrogen functional groups attached to an aromatic ring is 1. The van der Waals surface area contributed by atoms with Gasteiger partial charge in [-0.1, -0.05) is 6.07 Å². The van der Waals surface area contributed by atoms with Crippen molar-refractivity contribution in [2.75, 3.05) is 16.8 Å². The number of fused-ring (bicyclic) bond motifs is 1. The summed E-state index contributed by atoms with van der Waals surface area (Å²) < 4.78 is 1.98. The summed E-state index contributed by atoms with van der Waals surface area (Å²) in [4.78, 5) is 35.5. The normalized spacial score (nSPS) is 10.8. The first-order valence-electron chi connectivity index (χ1n) is 11.2. The number of imidazole rings is 1. The minimum atomic E-state index is -0.234. The van der Waals surface area contributed by atoms with E-state index < -0.39 is 0 Å². The standard InChI is InChI=1S/C26H27N7O2/c1-17(34)12-14-33(23-5-3-4-13-29-23)26(35)19-8-11-22-21(15-19)31-24(32(22)2)16-30-20-9-6-18(7-10-20)25(27)28/h3-11,13,15,30H,12,14,16H2,1-2H3,(H3,27,28). The number of ketones is 1. The molecule has 0 spiro atoms. The second kappa shape index (κ2) is 10.2. The molecule has 4 rings (SSSR count). The lowest BCUT2D eigenvalue weighted by Gasteiger charge is -2.21. The Morgan fingerprint density at radius 1 is 1.09 bits per heavy atom. The molecule has 4 N–H and O–H groups in total. The van der Waals surface area contributed by atoms with Crippen molar-refractivity contribution in [1.82, 2.24) is 14.5 Å². The summed E-state index contributed by atoms with van der Waals surface area (Å²) >= 11 is 0. The van der Waals surface area contributed by atoms with Crippen LogP contribution in [0.4, 0.5) is 11.5 Å². The summed E-state index contributed by atoms with van der Waals surface area (Å²) in [7, 11) is 1.93. The van der Waals surface area contributed by atoms with Gasteiger partial charge in [-0.15, -0.1) is 0 Å². The number of rotatable bonds is 9. The molecule has 0 atom stereocenters. The average molecular weight is 470 g/mol. The van der Waals surface area contributed by atoms with Crippen molar-refractivity contribution in [2.24, 2.45) is 12.8 Å². The fourth-order valence-electron chi connectivity index (χ4n) is 3.75. The maximum Gasteiger partial charge on any atom is 0.259 e. The fourth-order valence-corrected chi connectivity index (χ4v) is 3.75. The topological polar surface area (TPSA) is 130 Å². The lowest BCUT2D eigenvalue weighted by Crippen LogP contribution is -2.33. The van der Waals surface area contributed by atoms with E-state index in [1.165, 1.54) is 11.8 Å². The van der Waals surface area contributed by atoms with Crippen molar-refractivity contribution in [3.8, 4) is 0 Å². The molecule has 9 nitrogen and oxygen atoms in total. The molecule has 2 heterocycles. The Labute approximate surface area is 203 Å². The van der Waals surface area contributed by atoms with Crippen molar-refractivity contribution in [2.45, 2.75) is 19.9 Å². The van der Waals surface area contributed by atoms with Gasteiger partial charge in [-0.2, -0.15) is 0 Å². The molecule has 0 aliphatic heterocycles. The average Bonchev–Trinajstić information content (AvgIpc) is 3.18. The molecule has 2 aromatic carbocycles. The zero-order chi connectivity index (χ0) is 24.9. The van der Waals surface area contributed by atoms with Gasteiger partial charge < -0.3 is 15.6 Å². The third kappa shape index (κ3) is 5.35. The predicted octanol–water partition coefficient (Wildman–Crippen LogP) is 3.49. The number of hydrogen-bond donors (Lipinski definition) is 3. The van der Waals surface area contributed by atoms with Crippen LogP contribution in [0.25, 0.3) is 11.0 Å². The van der Waals surface area contributed by atoms with Gasteiger partial charge in [0.1, 0.15) is 23.3 Å². The van der Waals surface area contributed by atoms with Crippen LogP contribution in [0.3, 0.4) is 0 Å². The Morgan fingerprint density at radius 3 is 2.49 bits per heavy atom. The third-order valence-electron chi connectivity index (χ3n) is 5.73. The highest BCUT2D eigenvalue weighted by Crippen LogP contribution is 2.21. The van der Waals surface area contributed by atoms with E-state index in [9.17, 15) is 9.59 Å². The van der Waals surface area contributed by atoms with Crippen LogP contribution in [0.5, 0.6) is 0 Å². The monoisotopic (exact) mass is 469 g/mol. The molecule has 0 fully saturated rings. The van der Waals surface area contributed by atoms with Crippen molar-refractivity contribution in [3.05, 3.63) is 83.8 Å². The van der Waals surface area contributed by atoms with Gasteiger partial charge in [0.25, 0.3) is 5.91 Å². The van der Waals surface area contributed by atoms with E-state index in [-0.39, 0.29) is 30.5 Å². The Kier molecular flexibility index (Phi) is 6.86. The quantitative estimate of drug-likeness (QED) is 0.254. The van der Waals surface area contributed by atoms with Crippen LogP contribution in [0, 0.1) is 5.41 Å². The van der Waals surface area contributed by atoms with E-state index >= 15 is 0 Å². The number of amidine groups is 1. The van der Waals surface area contributed by atoms with Gasteiger partial charge in [0.2, 0.25) is 0 Å². The number of nitrogens with zero attached hydrogens (tertiary/aromatic N) is 4. The number of aromatic nitrogens is 3. The van der Waals surface area contributed by atoms with Crippen LogP contribution in [0.1, 0.15) is 35.1 Å². The van der Waals surface area contributed by atoms with Crippen molar-refractivity contribution in [3.63, 3.8) is 0 Å². The first-order valence-corrected chi connectivity index (χ1v) is 11.2. The number of benzene rings is 2. The van der Waals surface area contributed by atoms with Crippen LogP contribution in [0.2, 0.25) is 0 Å². The van der Waals surface area contributed by atoms with Gasteiger partial charge in [0, 0.05) is 43.0 Å². The van der Waals surface area contributed by atoms with E-state index in [1.807, 2.05) is 35.9 Å². The van der Waals surface area contributed by atoms with Gasteiger partial charge in [-0.25, -0.2) is 9.97 Å². The number of hydrogen-bond acceptors (Lipinski definition) is 6. The van der Waals surface area contributed by atoms with Crippen molar-refractivity contribution in [1.29, 1.82) is 5.41 Å². The maximum absolute atomic E-state index is 13.4. The summed E-state index contributed by atoms with van der Waals surface area (Å²) in [5.41, 5.74) is 9.14.